The third-order valence-electron chi connectivity index (χ3n) is 2.78. The minimum Gasteiger partial charge on any atom is -0.320 e. The van der Waals surface area contributed by atoms with Gasteiger partial charge in [0.2, 0.25) is 0 Å². The average molecular weight is 330 g/mol. The molecule has 0 aliphatic carbocycles. The third-order valence-corrected chi connectivity index (χ3v) is 4.04. The highest BCUT2D eigenvalue weighted by atomic mass is 79.9. The molecule has 0 saturated heterocycles. The van der Waals surface area contributed by atoms with Gasteiger partial charge in [-0.25, -0.2) is 4.39 Å². The molecule has 0 saturated carbocycles. The molecule has 5 heteroatoms. The van der Waals surface area contributed by atoms with Crippen LogP contribution >= 0.6 is 27.5 Å². The second kappa shape index (κ2) is 5.34. The maximum atomic E-state index is 14.1. The van der Waals surface area contributed by atoms with Gasteiger partial charge < -0.3 is 5.73 Å². The monoisotopic (exact) mass is 328 g/mol. The summed E-state index contributed by atoms with van der Waals surface area (Å²) in [6.45, 7) is 1.84. The van der Waals surface area contributed by atoms with Crippen LogP contribution in [-0.2, 0) is 0 Å². The molecule has 1 atom stereocenters. The molecule has 0 radical (unpaired) electrons. The standard InChI is InChI=1S/C13H11BrClFN2/c1-7-8(3-2-6-18-7)13(17)9-4-5-10(14)11(15)12(9)16/h2-6,13H,17H2,1H3. The van der Waals surface area contributed by atoms with Gasteiger partial charge in [-0.1, -0.05) is 23.7 Å². The summed E-state index contributed by atoms with van der Waals surface area (Å²) >= 11 is 9.04. The Morgan fingerprint density at radius 3 is 2.72 bits per heavy atom. The van der Waals surface area contributed by atoms with E-state index in [9.17, 15) is 4.39 Å². The van der Waals surface area contributed by atoms with Crippen LogP contribution in [0.4, 0.5) is 4.39 Å². The van der Waals surface area contributed by atoms with E-state index in [2.05, 4.69) is 20.9 Å². The first-order valence-corrected chi connectivity index (χ1v) is 6.50. The van der Waals surface area contributed by atoms with Gasteiger partial charge in [-0.05, 0) is 40.5 Å². The predicted octanol–water partition coefficient (Wildman–Crippen LogP) is 3.99. The van der Waals surface area contributed by atoms with Crippen LogP contribution in [-0.4, -0.2) is 4.98 Å². The number of nitrogens with zero attached hydrogens (tertiary/aromatic N) is 1. The molecule has 2 aromatic rings. The first kappa shape index (κ1) is 13.5. The van der Waals surface area contributed by atoms with E-state index >= 15 is 0 Å². The van der Waals surface area contributed by atoms with Gasteiger partial charge in [0.05, 0.1) is 11.1 Å². The fraction of sp³-hybridized carbons (Fsp3) is 0.154. The normalized spacial score (nSPS) is 12.5. The molecule has 1 unspecified atom stereocenters. The fourth-order valence-electron chi connectivity index (χ4n) is 1.77. The second-order valence-corrected chi connectivity index (χ2v) is 5.15. The first-order valence-electron chi connectivity index (χ1n) is 5.33. The summed E-state index contributed by atoms with van der Waals surface area (Å²) < 4.78 is 14.6. The van der Waals surface area contributed by atoms with Crippen molar-refractivity contribution in [2.45, 2.75) is 13.0 Å². The largest absolute Gasteiger partial charge is 0.320 e. The van der Waals surface area contributed by atoms with E-state index in [1.54, 1.807) is 24.4 Å². The van der Waals surface area contributed by atoms with Crippen molar-refractivity contribution < 1.29 is 4.39 Å². The SMILES string of the molecule is Cc1ncccc1C(N)c1ccc(Br)c(Cl)c1F. The first-order chi connectivity index (χ1) is 8.52. The summed E-state index contributed by atoms with van der Waals surface area (Å²) in [6.07, 6.45) is 1.68. The highest BCUT2D eigenvalue weighted by molar-refractivity contribution is 9.10. The molecule has 2 N–H and O–H groups in total. The fourth-order valence-corrected chi connectivity index (χ4v) is 2.25. The number of benzene rings is 1. The quantitative estimate of drug-likeness (QED) is 0.846. The van der Waals surface area contributed by atoms with Crippen LogP contribution in [0.5, 0.6) is 0 Å². The van der Waals surface area contributed by atoms with Crippen molar-refractivity contribution in [3.05, 3.63) is 62.6 Å². The van der Waals surface area contributed by atoms with Crippen LogP contribution < -0.4 is 5.73 Å². The molecule has 1 aromatic heterocycles. The van der Waals surface area contributed by atoms with E-state index in [-0.39, 0.29) is 5.02 Å². The van der Waals surface area contributed by atoms with Crippen molar-refractivity contribution >= 4 is 27.5 Å². The molecule has 2 rings (SSSR count). The molecule has 0 spiro atoms. The molecule has 1 aromatic carbocycles. The molecule has 0 amide bonds. The van der Waals surface area contributed by atoms with Crippen LogP contribution in [0.1, 0.15) is 22.9 Å². The highest BCUT2D eigenvalue weighted by Crippen LogP contribution is 2.32. The molecule has 94 valence electrons. The Hall–Kier alpha value is -0.970. The van der Waals surface area contributed by atoms with E-state index in [0.29, 0.717) is 10.0 Å². The Balaban J connectivity index is 2.50. The van der Waals surface area contributed by atoms with Crippen molar-refractivity contribution in [1.82, 2.24) is 4.98 Å². The highest BCUT2D eigenvalue weighted by Gasteiger charge is 2.18. The van der Waals surface area contributed by atoms with Crippen molar-refractivity contribution in [2.24, 2.45) is 5.73 Å². The lowest BCUT2D eigenvalue weighted by Gasteiger charge is -2.16. The Morgan fingerprint density at radius 1 is 1.33 bits per heavy atom. The summed E-state index contributed by atoms with van der Waals surface area (Å²) in [6, 6.07) is 6.35. The van der Waals surface area contributed by atoms with Crippen LogP contribution in [0.2, 0.25) is 5.02 Å². The molecule has 1 heterocycles. The zero-order valence-corrected chi connectivity index (χ0v) is 12.0. The number of nitrogens with two attached hydrogens (primary N) is 1. The van der Waals surface area contributed by atoms with Crippen LogP contribution in [0.25, 0.3) is 0 Å². The molecule has 0 fully saturated rings. The number of pyridine rings is 1. The van der Waals surface area contributed by atoms with E-state index < -0.39 is 11.9 Å². The Labute approximate surface area is 118 Å². The zero-order chi connectivity index (χ0) is 13.3. The minimum absolute atomic E-state index is 0.0458. The summed E-state index contributed by atoms with van der Waals surface area (Å²) in [5.41, 5.74) is 8.01. The Morgan fingerprint density at radius 2 is 2.06 bits per heavy atom. The molecule has 0 bridgehead atoms. The second-order valence-electron chi connectivity index (χ2n) is 3.92. The molecule has 0 aliphatic rings. The predicted molar refractivity (Wildman–Crippen MR) is 74.1 cm³/mol. The zero-order valence-electron chi connectivity index (χ0n) is 9.62. The Bertz CT molecular complexity index is 589. The number of rotatable bonds is 2. The molecule has 2 nitrogen and oxygen atoms in total. The van der Waals surface area contributed by atoms with Gasteiger partial charge in [0.25, 0.3) is 0 Å². The molecule has 18 heavy (non-hydrogen) atoms. The number of halogens is 3. The molecule has 0 aliphatic heterocycles. The van der Waals surface area contributed by atoms with Crippen LogP contribution in [0.15, 0.2) is 34.9 Å². The minimum atomic E-state index is -0.579. The number of hydrogen-bond donors (Lipinski definition) is 1. The maximum absolute atomic E-state index is 14.1. The van der Waals surface area contributed by atoms with Crippen molar-refractivity contribution in [1.29, 1.82) is 0 Å². The van der Waals surface area contributed by atoms with Gasteiger partial charge in [-0.3, -0.25) is 4.98 Å². The van der Waals surface area contributed by atoms with Gasteiger partial charge in [0.15, 0.2) is 0 Å². The van der Waals surface area contributed by atoms with E-state index in [1.165, 1.54) is 0 Å². The Kier molecular flexibility index (Phi) is 4.00. The van der Waals surface area contributed by atoms with Crippen molar-refractivity contribution in [3.63, 3.8) is 0 Å². The van der Waals surface area contributed by atoms with Crippen LogP contribution in [0.3, 0.4) is 0 Å². The number of hydrogen-bond acceptors (Lipinski definition) is 2. The van der Waals surface area contributed by atoms with E-state index in [0.717, 1.165) is 11.3 Å². The van der Waals surface area contributed by atoms with Gasteiger partial charge in [0.1, 0.15) is 5.82 Å². The van der Waals surface area contributed by atoms with Crippen molar-refractivity contribution in [3.8, 4) is 0 Å². The van der Waals surface area contributed by atoms with Gasteiger partial charge in [0, 0.05) is 21.9 Å². The average Bonchev–Trinajstić information content (AvgIpc) is 2.36. The summed E-state index contributed by atoms with van der Waals surface area (Å²) in [4.78, 5) is 4.15. The topological polar surface area (TPSA) is 38.9 Å². The lowest BCUT2D eigenvalue weighted by molar-refractivity contribution is 0.598. The number of aryl methyl sites for hydroxylation is 1. The van der Waals surface area contributed by atoms with E-state index in [4.69, 9.17) is 17.3 Å². The molecular formula is C13H11BrClFN2. The third kappa shape index (κ3) is 2.41. The van der Waals surface area contributed by atoms with Gasteiger partial charge >= 0.3 is 0 Å². The van der Waals surface area contributed by atoms with Gasteiger partial charge in [-0.2, -0.15) is 0 Å². The summed E-state index contributed by atoms with van der Waals surface area (Å²) in [5.74, 6) is -0.498. The van der Waals surface area contributed by atoms with E-state index in [1.807, 2.05) is 13.0 Å². The lowest BCUT2D eigenvalue weighted by Crippen LogP contribution is -2.15. The van der Waals surface area contributed by atoms with Crippen molar-refractivity contribution in [2.75, 3.05) is 0 Å². The summed E-state index contributed by atoms with van der Waals surface area (Å²) in [5, 5.41) is 0.0458. The smallest absolute Gasteiger partial charge is 0.148 e. The summed E-state index contributed by atoms with van der Waals surface area (Å²) in [7, 11) is 0. The maximum Gasteiger partial charge on any atom is 0.148 e. The van der Waals surface area contributed by atoms with Crippen LogP contribution in [0, 0.1) is 12.7 Å². The van der Waals surface area contributed by atoms with Gasteiger partial charge in [-0.15, -0.1) is 0 Å². The lowest BCUT2D eigenvalue weighted by atomic mass is 9.98. The number of aromatic nitrogens is 1. The molecular weight excluding hydrogens is 319 g/mol.